The number of ether oxygens (including phenoxy) is 2. The molecule has 1 aliphatic rings. The highest BCUT2D eigenvalue weighted by Gasteiger charge is 2.62. The van der Waals surface area contributed by atoms with Crippen molar-refractivity contribution in [3.63, 3.8) is 0 Å². The number of nitrogens with one attached hydrogen (secondary N) is 1. The van der Waals surface area contributed by atoms with Crippen LogP contribution in [0.5, 0.6) is 11.5 Å². The summed E-state index contributed by atoms with van der Waals surface area (Å²) in [6.07, 6.45) is -2.07. The second-order valence-corrected chi connectivity index (χ2v) is 12.3. The second-order valence-electron chi connectivity index (χ2n) is 10.4. The third-order valence-corrected chi connectivity index (χ3v) is 7.98. The van der Waals surface area contributed by atoms with Crippen LogP contribution in [0.4, 0.5) is 18.0 Å². The lowest BCUT2D eigenvalue weighted by molar-refractivity contribution is -0.149. The summed E-state index contributed by atoms with van der Waals surface area (Å²) in [5.74, 6) is -1.27. The van der Waals surface area contributed by atoms with Crippen molar-refractivity contribution in [3.8, 4) is 17.6 Å². The number of alkyl halides is 3. The third kappa shape index (κ3) is 10.8. The van der Waals surface area contributed by atoms with E-state index in [4.69, 9.17) is 21.1 Å². The standard InChI is InChI=1S/C23H19ClF3NO3.C7H14N2O2S/c1-22(2)17(12-19(24)23(25,26)27)20(22)21(29)31-18(13-28)14-7-6-10-16(11-14)30-15-8-4-3-5-9-15;1-7(2,12-4)5-9-11-6(10)8-3/h3-12,17-18,20H,1-2H3;5H,1-4H3,(H,8,10)/b19-12-;9-5+/t17-,18?,20-;/m0./s1. The fourth-order valence-corrected chi connectivity index (χ4v) is 4.00. The van der Waals surface area contributed by atoms with Crippen molar-refractivity contribution in [1.29, 1.82) is 5.26 Å². The van der Waals surface area contributed by atoms with Gasteiger partial charge < -0.3 is 14.8 Å². The highest BCUT2D eigenvalue weighted by atomic mass is 35.5. The molecule has 3 atom stereocenters. The molecule has 1 unspecified atom stereocenters. The van der Waals surface area contributed by atoms with E-state index in [0.717, 1.165) is 6.08 Å². The average Bonchev–Trinajstić information content (AvgIpc) is 3.50. The first-order valence-electron chi connectivity index (χ1n) is 12.9. The monoisotopic (exact) mass is 639 g/mol. The fraction of sp³-hybridized carbons (Fsp3) is 0.400. The Hall–Kier alpha value is -3.69. The zero-order chi connectivity index (χ0) is 32.4. The Morgan fingerprint density at radius 2 is 1.77 bits per heavy atom. The van der Waals surface area contributed by atoms with Crippen molar-refractivity contribution >= 4 is 41.6 Å². The molecule has 0 radical (unpaired) electrons. The summed E-state index contributed by atoms with van der Waals surface area (Å²) in [4.78, 5) is 27.6. The number of carbonyl (C=O) groups is 2. The normalized spacial score (nSPS) is 18.4. The number of amides is 1. The largest absolute Gasteiger partial charge is 0.457 e. The minimum absolute atomic E-state index is 0.103. The molecule has 13 heteroatoms. The summed E-state index contributed by atoms with van der Waals surface area (Å²) in [7, 11) is 1.48. The minimum atomic E-state index is -4.68. The van der Waals surface area contributed by atoms with Crippen LogP contribution in [0.1, 0.15) is 39.4 Å². The quantitative estimate of drug-likeness (QED) is 0.128. The molecular weight excluding hydrogens is 607 g/mol. The molecule has 3 rings (SSSR count). The van der Waals surface area contributed by atoms with Crippen molar-refractivity contribution in [2.24, 2.45) is 22.4 Å². The zero-order valence-electron chi connectivity index (χ0n) is 24.4. The topological polar surface area (TPSA) is 110 Å². The molecule has 1 aliphatic carbocycles. The molecule has 1 N–H and O–H groups in total. The van der Waals surface area contributed by atoms with Gasteiger partial charge in [0.05, 0.1) is 12.1 Å². The molecule has 8 nitrogen and oxygen atoms in total. The van der Waals surface area contributed by atoms with E-state index in [1.807, 2.05) is 44.4 Å². The summed E-state index contributed by atoms with van der Waals surface area (Å²) >= 11 is 6.95. The van der Waals surface area contributed by atoms with Gasteiger partial charge in [0.15, 0.2) is 0 Å². The predicted octanol–water partition coefficient (Wildman–Crippen LogP) is 8.01. The molecule has 43 heavy (non-hydrogen) atoms. The number of hydrogen-bond donors (Lipinski definition) is 1. The molecule has 0 bridgehead atoms. The first-order chi connectivity index (χ1) is 20.1. The van der Waals surface area contributed by atoms with Crippen LogP contribution in [-0.4, -0.2) is 42.5 Å². The van der Waals surface area contributed by atoms with Gasteiger partial charge in [-0.25, -0.2) is 4.79 Å². The number of rotatable bonds is 9. The molecule has 0 saturated heterocycles. The van der Waals surface area contributed by atoms with Gasteiger partial charge in [0.25, 0.3) is 0 Å². The van der Waals surface area contributed by atoms with Crippen LogP contribution < -0.4 is 10.1 Å². The number of esters is 1. The van der Waals surface area contributed by atoms with Crippen LogP contribution in [0.3, 0.4) is 0 Å². The number of para-hydroxylation sites is 1. The number of allylic oxidation sites excluding steroid dienone is 2. The molecule has 232 valence electrons. The van der Waals surface area contributed by atoms with Gasteiger partial charge in [0.1, 0.15) is 22.6 Å². The zero-order valence-corrected chi connectivity index (χ0v) is 26.0. The van der Waals surface area contributed by atoms with Crippen LogP contribution in [0, 0.1) is 28.6 Å². The predicted molar refractivity (Wildman–Crippen MR) is 160 cm³/mol. The summed E-state index contributed by atoms with van der Waals surface area (Å²) in [5, 5.41) is 14.0. The van der Waals surface area contributed by atoms with Gasteiger partial charge in [-0.2, -0.15) is 30.2 Å². The number of oxime groups is 1. The average molecular weight is 640 g/mol. The molecule has 2 aromatic carbocycles. The minimum Gasteiger partial charge on any atom is -0.457 e. The first-order valence-corrected chi connectivity index (χ1v) is 14.5. The van der Waals surface area contributed by atoms with Gasteiger partial charge in [-0.3, -0.25) is 9.63 Å². The smallest absolute Gasteiger partial charge is 0.433 e. The van der Waals surface area contributed by atoms with E-state index in [2.05, 4.69) is 15.3 Å². The van der Waals surface area contributed by atoms with Crippen molar-refractivity contribution in [3.05, 3.63) is 71.3 Å². The van der Waals surface area contributed by atoms with Gasteiger partial charge in [-0.15, -0.1) is 0 Å². The van der Waals surface area contributed by atoms with Gasteiger partial charge >= 0.3 is 18.2 Å². The van der Waals surface area contributed by atoms with Crippen LogP contribution in [0.15, 0.2) is 70.9 Å². The maximum Gasteiger partial charge on any atom is 0.433 e. The lowest BCUT2D eigenvalue weighted by Crippen LogP contribution is -2.19. The van der Waals surface area contributed by atoms with E-state index in [9.17, 15) is 28.0 Å². The number of thioether (sulfide) groups is 1. The Balaban J connectivity index is 0.000000455. The number of carbonyl (C=O) groups excluding carboxylic acids is 2. The van der Waals surface area contributed by atoms with Crippen LogP contribution >= 0.6 is 23.4 Å². The van der Waals surface area contributed by atoms with Gasteiger partial charge in [-0.1, -0.05) is 67.0 Å². The number of halogens is 4. The first kappa shape index (κ1) is 35.5. The van der Waals surface area contributed by atoms with E-state index in [1.165, 1.54) is 7.05 Å². The fourth-order valence-electron chi connectivity index (χ4n) is 3.71. The molecule has 2 aromatic rings. The van der Waals surface area contributed by atoms with Crippen molar-refractivity contribution < 1.29 is 37.1 Å². The molecule has 1 fully saturated rings. The van der Waals surface area contributed by atoms with Crippen molar-refractivity contribution in [2.45, 2.75) is 44.7 Å². The molecule has 0 spiro atoms. The SMILES string of the molecule is CC1(C)[C@H](C(=O)OC(C#N)c2cccc(Oc3ccccc3)c2)[C@@H]1/C=C(\Cl)C(F)(F)F.CNC(=O)O/N=C/C(C)(C)SC. The molecule has 1 saturated carbocycles. The summed E-state index contributed by atoms with van der Waals surface area (Å²) < 4.78 is 49.1. The summed E-state index contributed by atoms with van der Waals surface area (Å²) in [6, 6.07) is 17.4. The van der Waals surface area contributed by atoms with Crippen molar-refractivity contribution in [2.75, 3.05) is 13.3 Å². The number of benzene rings is 2. The number of nitriles is 1. The maximum absolute atomic E-state index is 12.7. The van der Waals surface area contributed by atoms with E-state index in [0.29, 0.717) is 17.1 Å². The number of nitrogens with zero attached hydrogens (tertiary/aromatic N) is 2. The highest BCUT2D eigenvalue weighted by molar-refractivity contribution is 8.00. The van der Waals surface area contributed by atoms with E-state index in [-0.39, 0.29) is 4.75 Å². The molecule has 1 amide bonds. The van der Waals surface area contributed by atoms with E-state index in [1.54, 1.807) is 68.2 Å². The maximum atomic E-state index is 12.7. The molecule has 0 aliphatic heterocycles. The highest BCUT2D eigenvalue weighted by Crippen LogP contribution is 2.60. The Morgan fingerprint density at radius 3 is 2.33 bits per heavy atom. The van der Waals surface area contributed by atoms with Crippen LogP contribution in [0.2, 0.25) is 0 Å². The van der Waals surface area contributed by atoms with Crippen LogP contribution in [0.25, 0.3) is 0 Å². The third-order valence-electron chi connectivity index (χ3n) is 6.48. The van der Waals surface area contributed by atoms with Gasteiger partial charge in [0.2, 0.25) is 6.10 Å². The van der Waals surface area contributed by atoms with Crippen LogP contribution in [-0.2, 0) is 14.4 Å². The summed E-state index contributed by atoms with van der Waals surface area (Å²) in [5.41, 5.74) is -0.371. The Kier molecular flexibility index (Phi) is 12.5. The van der Waals surface area contributed by atoms with E-state index < -0.39 is 46.6 Å². The Bertz CT molecular complexity index is 1360. The number of hydrogen-bond acceptors (Lipinski definition) is 8. The molecule has 0 heterocycles. The second kappa shape index (κ2) is 15.2. The molecular formula is C30H33ClF3N3O5S. The van der Waals surface area contributed by atoms with Gasteiger partial charge in [-0.05, 0) is 55.7 Å². The van der Waals surface area contributed by atoms with E-state index >= 15 is 0 Å². The Labute approximate surface area is 258 Å². The Morgan fingerprint density at radius 1 is 1.14 bits per heavy atom. The molecule has 0 aromatic heterocycles. The summed E-state index contributed by atoms with van der Waals surface area (Å²) in [6.45, 7) is 7.26. The lowest BCUT2D eigenvalue weighted by Gasteiger charge is -2.13. The van der Waals surface area contributed by atoms with Crippen molar-refractivity contribution in [1.82, 2.24) is 5.32 Å². The lowest BCUT2D eigenvalue weighted by atomic mass is 10.1. The van der Waals surface area contributed by atoms with Gasteiger partial charge in [0, 0.05) is 17.4 Å².